The third-order valence-electron chi connectivity index (χ3n) is 5.97. The summed E-state index contributed by atoms with van der Waals surface area (Å²) in [7, 11) is 2.12. The van der Waals surface area contributed by atoms with Gasteiger partial charge in [-0.3, -0.25) is 0 Å². The fourth-order valence-electron chi connectivity index (χ4n) is 4.52. The van der Waals surface area contributed by atoms with Crippen LogP contribution in [0.4, 0.5) is 5.82 Å². The molecule has 1 aromatic heterocycles. The molecule has 1 saturated heterocycles. The number of nitrogens with zero attached hydrogens (tertiary/aromatic N) is 4. The third kappa shape index (κ3) is 4.53. The number of fused-ring (bicyclic) bond motifs is 1. The molecular weight excluding hydrogens is 346 g/mol. The fraction of sp³-hybridized carbons (Fsp3) is 0.565. The predicted molar refractivity (Wildman–Crippen MR) is 114 cm³/mol. The van der Waals surface area contributed by atoms with Crippen LogP contribution in [0.3, 0.4) is 0 Å². The quantitative estimate of drug-likeness (QED) is 0.833. The van der Waals surface area contributed by atoms with Crippen molar-refractivity contribution in [3.8, 4) is 0 Å². The Labute approximate surface area is 169 Å². The summed E-state index contributed by atoms with van der Waals surface area (Å²) >= 11 is 0. The second-order valence-electron chi connectivity index (χ2n) is 8.37. The van der Waals surface area contributed by atoms with E-state index in [1.165, 1.54) is 54.7 Å². The average molecular weight is 380 g/mol. The first-order chi connectivity index (χ1) is 13.7. The highest BCUT2D eigenvalue weighted by atomic mass is 15.2. The maximum atomic E-state index is 6.59. The molecule has 1 aliphatic heterocycles. The second-order valence-corrected chi connectivity index (χ2v) is 8.37. The van der Waals surface area contributed by atoms with Crippen LogP contribution < -0.4 is 10.6 Å². The van der Waals surface area contributed by atoms with Crippen LogP contribution in [0.1, 0.15) is 60.8 Å². The van der Waals surface area contributed by atoms with E-state index in [0.717, 1.165) is 44.8 Å². The fourth-order valence-corrected chi connectivity index (χ4v) is 4.52. The number of nitrogens with two attached hydrogens (primary N) is 1. The van der Waals surface area contributed by atoms with E-state index >= 15 is 0 Å². The Morgan fingerprint density at radius 3 is 2.50 bits per heavy atom. The van der Waals surface area contributed by atoms with Crippen molar-refractivity contribution in [3.63, 3.8) is 0 Å². The van der Waals surface area contributed by atoms with Gasteiger partial charge in [-0.2, -0.15) is 0 Å². The van der Waals surface area contributed by atoms with E-state index in [0.29, 0.717) is 0 Å². The molecule has 2 aromatic rings. The van der Waals surface area contributed by atoms with Crippen molar-refractivity contribution in [3.05, 3.63) is 53.0 Å². The Bertz CT molecular complexity index is 768. The molecule has 2 heterocycles. The monoisotopic (exact) mass is 379 g/mol. The van der Waals surface area contributed by atoms with Crippen LogP contribution in [0.5, 0.6) is 0 Å². The molecule has 0 saturated carbocycles. The van der Waals surface area contributed by atoms with E-state index in [1.54, 1.807) is 0 Å². The Hall–Kier alpha value is -1.98. The number of rotatable bonds is 6. The molecule has 5 nitrogen and oxygen atoms in total. The van der Waals surface area contributed by atoms with Crippen molar-refractivity contribution in [2.45, 2.75) is 57.5 Å². The number of likely N-dealkylation sites (N-methyl/N-ethyl adjacent to an activating group) is 1. The first-order valence-corrected chi connectivity index (χ1v) is 10.8. The van der Waals surface area contributed by atoms with E-state index in [-0.39, 0.29) is 6.04 Å². The van der Waals surface area contributed by atoms with Crippen LogP contribution in [0.15, 0.2) is 30.3 Å². The van der Waals surface area contributed by atoms with E-state index in [2.05, 4.69) is 47.2 Å². The zero-order valence-electron chi connectivity index (χ0n) is 17.1. The van der Waals surface area contributed by atoms with Crippen molar-refractivity contribution in [1.29, 1.82) is 0 Å². The van der Waals surface area contributed by atoms with Crippen LogP contribution in [0.25, 0.3) is 0 Å². The van der Waals surface area contributed by atoms with Gasteiger partial charge in [-0.15, -0.1) is 0 Å². The lowest BCUT2D eigenvalue weighted by atomic mass is 10.1. The minimum absolute atomic E-state index is 0.162. The van der Waals surface area contributed by atoms with Crippen LogP contribution in [0.2, 0.25) is 0 Å². The lowest BCUT2D eigenvalue weighted by Gasteiger charge is -2.26. The summed E-state index contributed by atoms with van der Waals surface area (Å²) in [5.41, 5.74) is 10.5. The van der Waals surface area contributed by atoms with Crippen molar-refractivity contribution in [2.24, 2.45) is 5.73 Å². The van der Waals surface area contributed by atoms with Crippen molar-refractivity contribution < 1.29 is 0 Å². The molecule has 2 N–H and O–H groups in total. The first-order valence-electron chi connectivity index (χ1n) is 10.8. The molecule has 1 unspecified atom stereocenters. The highest BCUT2D eigenvalue weighted by Gasteiger charge is 2.25. The lowest BCUT2D eigenvalue weighted by molar-refractivity contribution is 0.301. The first kappa shape index (κ1) is 19.3. The highest BCUT2D eigenvalue weighted by Crippen LogP contribution is 2.31. The third-order valence-corrected chi connectivity index (χ3v) is 5.97. The molecule has 1 atom stereocenters. The zero-order chi connectivity index (χ0) is 19.3. The Kier molecular flexibility index (Phi) is 6.23. The standard InChI is InChI=1S/C23H33N5/c1-27(16-18-10-5-4-6-11-18)17-20(24)22-25-21-13-9-12-19(21)23(26-22)28-14-7-2-3-8-15-28/h4-6,10-11,20H,2-3,7-9,12-17,24H2,1H3. The number of hydrogen-bond acceptors (Lipinski definition) is 5. The van der Waals surface area contributed by atoms with Gasteiger partial charge < -0.3 is 15.5 Å². The second kappa shape index (κ2) is 9.01. The number of hydrogen-bond donors (Lipinski definition) is 1. The Morgan fingerprint density at radius 2 is 1.75 bits per heavy atom. The van der Waals surface area contributed by atoms with Crippen molar-refractivity contribution in [1.82, 2.24) is 14.9 Å². The molecule has 0 spiro atoms. The number of benzene rings is 1. The topological polar surface area (TPSA) is 58.3 Å². The molecule has 28 heavy (non-hydrogen) atoms. The molecule has 1 fully saturated rings. The van der Waals surface area contributed by atoms with Crippen LogP contribution in [0, 0.1) is 0 Å². The van der Waals surface area contributed by atoms with Gasteiger partial charge in [0.1, 0.15) is 11.6 Å². The van der Waals surface area contributed by atoms with Crippen molar-refractivity contribution in [2.75, 3.05) is 31.6 Å². The van der Waals surface area contributed by atoms with Crippen LogP contribution in [-0.2, 0) is 19.4 Å². The molecule has 2 aliphatic rings. The predicted octanol–water partition coefficient (Wildman–Crippen LogP) is 3.48. The molecule has 1 aromatic carbocycles. The highest BCUT2D eigenvalue weighted by molar-refractivity contribution is 5.51. The average Bonchev–Trinajstić information content (AvgIpc) is 3.01. The SMILES string of the molecule is CN(Cc1ccccc1)CC(N)c1nc2c(c(N3CCCCCC3)n1)CCC2. The van der Waals surface area contributed by atoms with E-state index < -0.39 is 0 Å². The van der Waals surface area contributed by atoms with Gasteiger partial charge in [-0.25, -0.2) is 9.97 Å². The summed E-state index contributed by atoms with van der Waals surface area (Å²) in [4.78, 5) is 14.7. The zero-order valence-corrected chi connectivity index (χ0v) is 17.1. The number of aromatic nitrogens is 2. The number of anilines is 1. The summed E-state index contributed by atoms with van der Waals surface area (Å²) in [5.74, 6) is 2.00. The van der Waals surface area contributed by atoms with E-state index in [9.17, 15) is 0 Å². The summed E-state index contributed by atoms with van der Waals surface area (Å²) in [6.45, 7) is 3.88. The van der Waals surface area contributed by atoms with Gasteiger partial charge in [0.2, 0.25) is 0 Å². The summed E-state index contributed by atoms with van der Waals surface area (Å²) in [6, 6.07) is 10.4. The summed E-state index contributed by atoms with van der Waals surface area (Å²) < 4.78 is 0. The minimum Gasteiger partial charge on any atom is -0.356 e. The molecule has 0 bridgehead atoms. The molecule has 0 amide bonds. The van der Waals surface area contributed by atoms with Gasteiger partial charge in [-0.1, -0.05) is 43.2 Å². The normalized spacial score (nSPS) is 18.2. The minimum atomic E-state index is -0.162. The van der Waals surface area contributed by atoms with Gasteiger partial charge in [0.15, 0.2) is 0 Å². The van der Waals surface area contributed by atoms with Crippen LogP contribution in [-0.4, -0.2) is 41.5 Å². The van der Waals surface area contributed by atoms with Gasteiger partial charge in [0.25, 0.3) is 0 Å². The Morgan fingerprint density at radius 1 is 1.00 bits per heavy atom. The van der Waals surface area contributed by atoms with Crippen molar-refractivity contribution >= 4 is 5.82 Å². The molecule has 0 radical (unpaired) electrons. The molecular formula is C23H33N5. The van der Waals surface area contributed by atoms with Gasteiger partial charge in [0.05, 0.1) is 6.04 Å². The van der Waals surface area contributed by atoms with Gasteiger partial charge in [-0.05, 0) is 44.7 Å². The van der Waals surface area contributed by atoms with Crippen LogP contribution >= 0.6 is 0 Å². The smallest absolute Gasteiger partial charge is 0.149 e. The summed E-state index contributed by atoms with van der Waals surface area (Å²) in [5, 5.41) is 0. The largest absolute Gasteiger partial charge is 0.356 e. The lowest BCUT2D eigenvalue weighted by Crippen LogP contribution is -2.32. The van der Waals surface area contributed by atoms with E-state index in [1.807, 2.05) is 0 Å². The summed E-state index contributed by atoms with van der Waals surface area (Å²) in [6.07, 6.45) is 8.57. The number of aryl methyl sites for hydroxylation is 1. The van der Waals surface area contributed by atoms with E-state index in [4.69, 9.17) is 15.7 Å². The Balaban J connectivity index is 1.51. The van der Waals surface area contributed by atoms with Gasteiger partial charge in [0, 0.05) is 37.4 Å². The molecule has 150 valence electrons. The maximum Gasteiger partial charge on any atom is 0.149 e. The molecule has 1 aliphatic carbocycles. The maximum absolute atomic E-state index is 6.59. The molecule has 5 heteroatoms. The van der Waals surface area contributed by atoms with Gasteiger partial charge >= 0.3 is 0 Å². The molecule has 4 rings (SSSR count).